The highest BCUT2D eigenvalue weighted by molar-refractivity contribution is 6.17. The molecule has 0 radical (unpaired) electrons. The third kappa shape index (κ3) is 2.93. The van der Waals surface area contributed by atoms with Crippen molar-refractivity contribution in [3.8, 4) is 0 Å². The molecule has 4 nitrogen and oxygen atoms in total. The zero-order valence-electron chi connectivity index (χ0n) is 9.85. The molecule has 0 aromatic heterocycles. The molecule has 2 saturated heterocycles. The smallest absolute Gasteiger partial charge is 0.161 e. The average molecular weight is 263 g/mol. The Morgan fingerprint density at radius 1 is 1.18 bits per heavy atom. The van der Waals surface area contributed by atoms with Gasteiger partial charge in [0, 0.05) is 11.8 Å². The Hall–Kier alpha value is 0.130. The summed E-state index contributed by atoms with van der Waals surface area (Å²) in [6, 6.07) is 0. The van der Waals surface area contributed by atoms with Crippen LogP contribution in [0.1, 0.15) is 19.3 Å². The van der Waals surface area contributed by atoms with Gasteiger partial charge in [0.1, 0.15) is 6.10 Å². The maximum absolute atomic E-state index is 5.87. The van der Waals surface area contributed by atoms with E-state index in [1.54, 1.807) is 0 Å². The predicted molar refractivity (Wildman–Crippen MR) is 62.2 cm³/mol. The molecule has 3 rings (SSSR count). The summed E-state index contributed by atoms with van der Waals surface area (Å²) in [7, 11) is 0. The Labute approximate surface area is 106 Å². The van der Waals surface area contributed by atoms with Crippen molar-refractivity contribution in [1.82, 2.24) is 0 Å². The summed E-state index contributed by atoms with van der Waals surface area (Å²) in [5.41, 5.74) is 0. The van der Waals surface area contributed by atoms with Crippen LogP contribution in [-0.4, -0.2) is 50.3 Å². The second-order valence-electron chi connectivity index (χ2n) is 5.01. The van der Waals surface area contributed by atoms with Gasteiger partial charge in [-0.3, -0.25) is 0 Å². The fourth-order valence-electron chi connectivity index (χ4n) is 2.76. The Balaban J connectivity index is 1.40. The number of alkyl halides is 1. The molecule has 98 valence electrons. The van der Waals surface area contributed by atoms with Gasteiger partial charge in [-0.05, 0) is 19.3 Å². The molecule has 0 spiro atoms. The predicted octanol–water partition coefficient (Wildman–Crippen LogP) is 1.55. The number of halogens is 1. The van der Waals surface area contributed by atoms with Gasteiger partial charge in [0.05, 0.1) is 32.0 Å². The molecule has 2 heterocycles. The molecular weight excluding hydrogens is 244 g/mol. The van der Waals surface area contributed by atoms with Crippen molar-refractivity contribution >= 4 is 11.6 Å². The third-order valence-electron chi connectivity index (χ3n) is 3.73. The summed E-state index contributed by atoms with van der Waals surface area (Å²) in [5, 5.41) is 0. The van der Waals surface area contributed by atoms with Crippen LogP contribution in [0, 0.1) is 5.92 Å². The number of fused-ring (bicyclic) bond motifs is 1. The fraction of sp³-hybridized carbons (Fsp3) is 1.00. The maximum Gasteiger partial charge on any atom is 0.161 e. The van der Waals surface area contributed by atoms with Crippen LogP contribution in [0.4, 0.5) is 0 Å². The Morgan fingerprint density at radius 2 is 2.12 bits per heavy atom. The Morgan fingerprint density at radius 3 is 2.94 bits per heavy atom. The zero-order chi connectivity index (χ0) is 11.7. The van der Waals surface area contributed by atoms with Crippen molar-refractivity contribution in [2.24, 2.45) is 5.92 Å². The van der Waals surface area contributed by atoms with Crippen LogP contribution in [0.5, 0.6) is 0 Å². The highest BCUT2D eigenvalue weighted by atomic mass is 35.5. The highest BCUT2D eigenvalue weighted by Gasteiger charge is 2.47. The van der Waals surface area contributed by atoms with Crippen LogP contribution in [0.2, 0.25) is 0 Å². The Kier molecular flexibility index (Phi) is 3.87. The van der Waals surface area contributed by atoms with E-state index < -0.39 is 0 Å². The highest BCUT2D eigenvalue weighted by Crippen LogP contribution is 2.42. The van der Waals surface area contributed by atoms with Gasteiger partial charge in [-0.25, -0.2) is 0 Å². The van der Waals surface area contributed by atoms with Crippen LogP contribution < -0.4 is 0 Å². The maximum atomic E-state index is 5.87. The van der Waals surface area contributed by atoms with Gasteiger partial charge in [0.15, 0.2) is 6.29 Å². The van der Waals surface area contributed by atoms with E-state index >= 15 is 0 Å². The zero-order valence-corrected chi connectivity index (χ0v) is 10.6. The van der Waals surface area contributed by atoms with Crippen molar-refractivity contribution < 1.29 is 18.9 Å². The van der Waals surface area contributed by atoms with E-state index in [0.29, 0.717) is 43.8 Å². The van der Waals surface area contributed by atoms with Gasteiger partial charge in [-0.2, -0.15) is 0 Å². The lowest BCUT2D eigenvalue weighted by molar-refractivity contribution is -0.111. The average Bonchev–Trinajstić information content (AvgIpc) is 2.98. The SMILES string of the molecule is ClCCOC[C@@H]1CO[C@H]([C@@H]2CC[C@H]3O[C@@H]3C2)O1. The number of hydrogen-bond donors (Lipinski definition) is 0. The molecule has 0 unspecified atom stereocenters. The fourth-order valence-corrected chi connectivity index (χ4v) is 2.87. The number of ether oxygens (including phenoxy) is 4. The van der Waals surface area contributed by atoms with E-state index in [1.807, 2.05) is 0 Å². The van der Waals surface area contributed by atoms with Crippen molar-refractivity contribution in [3.05, 3.63) is 0 Å². The molecule has 17 heavy (non-hydrogen) atoms. The largest absolute Gasteiger partial charge is 0.377 e. The summed E-state index contributed by atoms with van der Waals surface area (Å²) in [4.78, 5) is 0. The van der Waals surface area contributed by atoms with Crippen LogP contribution in [0.15, 0.2) is 0 Å². The van der Waals surface area contributed by atoms with E-state index in [0.717, 1.165) is 19.3 Å². The minimum absolute atomic E-state index is 0.0512. The van der Waals surface area contributed by atoms with Crippen molar-refractivity contribution in [2.75, 3.05) is 25.7 Å². The van der Waals surface area contributed by atoms with E-state index in [2.05, 4.69) is 0 Å². The molecule has 5 heteroatoms. The standard InChI is InChI=1S/C12H19ClO4/c13-3-4-14-6-9-7-15-12(16-9)8-1-2-10-11(5-8)17-10/h8-12H,1-7H2/t8-,9-,10-,11-,12+/m1/s1. The number of epoxide rings is 1. The molecule has 3 aliphatic rings. The van der Waals surface area contributed by atoms with Crippen molar-refractivity contribution in [3.63, 3.8) is 0 Å². The van der Waals surface area contributed by atoms with Gasteiger partial charge in [-0.15, -0.1) is 11.6 Å². The van der Waals surface area contributed by atoms with Gasteiger partial charge < -0.3 is 18.9 Å². The molecule has 1 saturated carbocycles. The summed E-state index contributed by atoms with van der Waals surface area (Å²) >= 11 is 5.55. The topological polar surface area (TPSA) is 40.2 Å². The number of hydrogen-bond acceptors (Lipinski definition) is 4. The second kappa shape index (κ2) is 5.41. The lowest BCUT2D eigenvalue weighted by Crippen LogP contribution is -2.28. The first-order valence-corrected chi connectivity index (χ1v) is 6.96. The monoisotopic (exact) mass is 262 g/mol. The number of rotatable bonds is 5. The van der Waals surface area contributed by atoms with E-state index in [9.17, 15) is 0 Å². The molecule has 5 atom stereocenters. The molecule has 1 aliphatic carbocycles. The summed E-state index contributed by atoms with van der Waals surface area (Å²) < 4.78 is 22.5. The van der Waals surface area contributed by atoms with Gasteiger partial charge >= 0.3 is 0 Å². The Bertz CT molecular complexity index is 263. The second-order valence-corrected chi connectivity index (χ2v) is 5.39. The summed E-state index contributed by atoms with van der Waals surface area (Å²) in [6.45, 7) is 1.80. The van der Waals surface area contributed by atoms with E-state index in [4.69, 9.17) is 30.5 Å². The molecule has 2 aliphatic heterocycles. The van der Waals surface area contributed by atoms with Crippen molar-refractivity contribution in [2.45, 2.75) is 43.9 Å². The molecule has 0 N–H and O–H groups in total. The third-order valence-corrected chi connectivity index (χ3v) is 3.88. The van der Waals surface area contributed by atoms with Gasteiger partial charge in [0.25, 0.3) is 0 Å². The summed E-state index contributed by atoms with van der Waals surface area (Å²) in [6.07, 6.45) is 4.44. The van der Waals surface area contributed by atoms with E-state index in [-0.39, 0.29) is 12.4 Å². The van der Waals surface area contributed by atoms with Crippen LogP contribution in [0.25, 0.3) is 0 Å². The van der Waals surface area contributed by atoms with Gasteiger partial charge in [-0.1, -0.05) is 0 Å². The molecule has 0 aromatic rings. The lowest BCUT2D eigenvalue weighted by atomic mass is 9.89. The first-order valence-electron chi connectivity index (χ1n) is 6.43. The quantitative estimate of drug-likeness (QED) is 0.428. The first kappa shape index (κ1) is 12.2. The molecular formula is C12H19ClO4. The molecule has 3 fully saturated rings. The van der Waals surface area contributed by atoms with Crippen LogP contribution >= 0.6 is 11.6 Å². The van der Waals surface area contributed by atoms with Crippen molar-refractivity contribution in [1.29, 1.82) is 0 Å². The summed E-state index contributed by atoms with van der Waals surface area (Å²) in [5.74, 6) is 1.02. The normalized spacial score (nSPS) is 44.6. The van der Waals surface area contributed by atoms with Crippen LogP contribution in [0.3, 0.4) is 0 Å². The molecule has 0 aromatic carbocycles. The van der Waals surface area contributed by atoms with Gasteiger partial charge in [0.2, 0.25) is 0 Å². The minimum atomic E-state index is -0.0512. The lowest BCUT2D eigenvalue weighted by Gasteiger charge is -2.24. The first-order chi connectivity index (χ1) is 8.36. The minimum Gasteiger partial charge on any atom is -0.377 e. The molecule has 0 amide bonds. The van der Waals surface area contributed by atoms with E-state index in [1.165, 1.54) is 0 Å². The molecule has 0 bridgehead atoms. The van der Waals surface area contributed by atoms with Crippen LogP contribution in [-0.2, 0) is 18.9 Å².